The Balaban J connectivity index is 2.71. The van der Waals surface area contributed by atoms with Crippen LogP contribution in [-0.2, 0) is 6.42 Å². The Morgan fingerprint density at radius 1 is 1.29 bits per heavy atom. The van der Waals surface area contributed by atoms with E-state index in [1.165, 1.54) is 5.56 Å². The molecule has 2 nitrogen and oxygen atoms in total. The summed E-state index contributed by atoms with van der Waals surface area (Å²) < 4.78 is 10.9. The third-order valence-corrected chi connectivity index (χ3v) is 2.35. The molecule has 0 radical (unpaired) electrons. The van der Waals surface area contributed by atoms with Gasteiger partial charge < -0.3 is 9.15 Å². The van der Waals surface area contributed by atoms with E-state index in [0.29, 0.717) is 0 Å². The number of benzene rings is 1. The van der Waals surface area contributed by atoms with Crippen molar-refractivity contribution < 1.29 is 9.15 Å². The minimum Gasteiger partial charge on any atom is -0.493 e. The second kappa shape index (κ2) is 3.37. The maximum Gasteiger partial charge on any atom is 0.176 e. The van der Waals surface area contributed by atoms with E-state index in [1.807, 2.05) is 6.07 Å². The van der Waals surface area contributed by atoms with Gasteiger partial charge in [0.25, 0.3) is 0 Å². The van der Waals surface area contributed by atoms with Crippen LogP contribution < -0.4 is 4.74 Å². The predicted molar refractivity (Wildman–Crippen MR) is 56.9 cm³/mol. The number of hydrogen-bond acceptors (Lipinski definition) is 2. The van der Waals surface area contributed by atoms with Crippen LogP contribution in [0.5, 0.6) is 5.75 Å². The summed E-state index contributed by atoms with van der Waals surface area (Å²) in [5.74, 6) is 1.82. The molecule has 0 atom stereocenters. The first kappa shape index (κ1) is 9.13. The maximum absolute atomic E-state index is 5.67. The van der Waals surface area contributed by atoms with Crippen molar-refractivity contribution in [2.75, 3.05) is 7.11 Å². The summed E-state index contributed by atoms with van der Waals surface area (Å²) in [4.78, 5) is 0. The molecule has 1 aromatic heterocycles. The molecule has 0 fully saturated rings. The van der Waals surface area contributed by atoms with Crippen molar-refractivity contribution >= 4 is 11.0 Å². The summed E-state index contributed by atoms with van der Waals surface area (Å²) >= 11 is 0. The van der Waals surface area contributed by atoms with E-state index in [4.69, 9.17) is 9.15 Å². The minimum atomic E-state index is 0.819. The maximum atomic E-state index is 5.67. The van der Waals surface area contributed by atoms with Crippen LogP contribution in [-0.4, -0.2) is 7.11 Å². The Morgan fingerprint density at radius 2 is 2.07 bits per heavy atom. The van der Waals surface area contributed by atoms with Crippen molar-refractivity contribution in [3.63, 3.8) is 0 Å². The number of ether oxygens (including phenoxy) is 1. The van der Waals surface area contributed by atoms with Crippen molar-refractivity contribution in [1.82, 2.24) is 0 Å². The SMILES string of the molecule is CCc1cc2cc(C)cc(OC)c2o1. The summed E-state index contributed by atoms with van der Waals surface area (Å²) in [6.45, 7) is 4.14. The minimum absolute atomic E-state index is 0.819. The Hall–Kier alpha value is -1.44. The molecular weight excluding hydrogens is 176 g/mol. The fourth-order valence-electron chi connectivity index (χ4n) is 1.64. The highest BCUT2D eigenvalue weighted by Crippen LogP contribution is 2.30. The molecule has 1 aromatic carbocycles. The summed E-state index contributed by atoms with van der Waals surface area (Å²) in [6, 6.07) is 6.18. The average molecular weight is 190 g/mol. The largest absolute Gasteiger partial charge is 0.493 e. The molecule has 0 aliphatic rings. The summed E-state index contributed by atoms with van der Waals surface area (Å²) in [7, 11) is 1.67. The Kier molecular flexibility index (Phi) is 2.20. The molecule has 0 spiro atoms. The molecule has 0 aliphatic heterocycles. The molecule has 14 heavy (non-hydrogen) atoms. The molecule has 2 aromatic rings. The number of rotatable bonds is 2. The van der Waals surface area contributed by atoms with Crippen LogP contribution in [0.2, 0.25) is 0 Å². The van der Waals surface area contributed by atoms with Crippen LogP contribution in [0.3, 0.4) is 0 Å². The molecule has 2 rings (SSSR count). The van der Waals surface area contributed by atoms with Crippen LogP contribution in [0.25, 0.3) is 11.0 Å². The van der Waals surface area contributed by atoms with Gasteiger partial charge in [0.1, 0.15) is 5.76 Å². The molecule has 0 unspecified atom stereocenters. The molecule has 0 amide bonds. The summed E-state index contributed by atoms with van der Waals surface area (Å²) in [5, 5.41) is 1.12. The summed E-state index contributed by atoms with van der Waals surface area (Å²) in [5.41, 5.74) is 2.05. The number of hydrogen-bond donors (Lipinski definition) is 0. The van der Waals surface area contributed by atoms with Gasteiger partial charge in [-0.15, -0.1) is 0 Å². The van der Waals surface area contributed by atoms with Crippen LogP contribution in [0.15, 0.2) is 22.6 Å². The first-order chi connectivity index (χ1) is 6.74. The van der Waals surface area contributed by atoms with E-state index >= 15 is 0 Å². The highest BCUT2D eigenvalue weighted by molar-refractivity contribution is 5.84. The van der Waals surface area contributed by atoms with Gasteiger partial charge in [0.05, 0.1) is 7.11 Å². The van der Waals surface area contributed by atoms with Crippen molar-refractivity contribution in [2.24, 2.45) is 0 Å². The van der Waals surface area contributed by atoms with Crippen molar-refractivity contribution in [2.45, 2.75) is 20.3 Å². The van der Waals surface area contributed by atoms with Gasteiger partial charge in [-0.3, -0.25) is 0 Å². The highest BCUT2D eigenvalue weighted by atomic mass is 16.5. The van der Waals surface area contributed by atoms with E-state index in [0.717, 1.165) is 28.9 Å². The fraction of sp³-hybridized carbons (Fsp3) is 0.333. The third kappa shape index (κ3) is 1.37. The number of fused-ring (bicyclic) bond motifs is 1. The van der Waals surface area contributed by atoms with Crippen LogP contribution in [0, 0.1) is 6.92 Å². The second-order valence-corrected chi connectivity index (χ2v) is 3.45. The molecule has 1 heterocycles. The average Bonchev–Trinajstić information content (AvgIpc) is 2.59. The number of aryl methyl sites for hydroxylation is 2. The molecule has 0 aliphatic carbocycles. The van der Waals surface area contributed by atoms with E-state index in [-0.39, 0.29) is 0 Å². The van der Waals surface area contributed by atoms with Crippen LogP contribution in [0.1, 0.15) is 18.2 Å². The van der Waals surface area contributed by atoms with Gasteiger partial charge in [-0.05, 0) is 30.7 Å². The zero-order valence-electron chi connectivity index (χ0n) is 8.76. The lowest BCUT2D eigenvalue weighted by Gasteiger charge is -2.01. The first-order valence-electron chi connectivity index (χ1n) is 4.81. The van der Waals surface area contributed by atoms with E-state index < -0.39 is 0 Å². The Labute approximate surface area is 83.5 Å². The van der Waals surface area contributed by atoms with Gasteiger partial charge in [-0.1, -0.05) is 6.92 Å². The topological polar surface area (TPSA) is 22.4 Å². The molecule has 0 N–H and O–H groups in total. The molecule has 0 saturated carbocycles. The summed E-state index contributed by atoms with van der Waals surface area (Å²) in [6.07, 6.45) is 0.914. The predicted octanol–water partition coefficient (Wildman–Crippen LogP) is 3.31. The van der Waals surface area contributed by atoms with Gasteiger partial charge in [0.2, 0.25) is 0 Å². The lowest BCUT2D eigenvalue weighted by atomic mass is 10.1. The lowest BCUT2D eigenvalue weighted by molar-refractivity contribution is 0.407. The molecular formula is C12H14O2. The number of furan rings is 1. The molecule has 2 heteroatoms. The lowest BCUT2D eigenvalue weighted by Crippen LogP contribution is -1.83. The van der Waals surface area contributed by atoms with Crippen molar-refractivity contribution in [1.29, 1.82) is 0 Å². The third-order valence-electron chi connectivity index (χ3n) is 2.35. The van der Waals surface area contributed by atoms with Crippen LogP contribution >= 0.6 is 0 Å². The fourth-order valence-corrected chi connectivity index (χ4v) is 1.64. The highest BCUT2D eigenvalue weighted by Gasteiger charge is 2.08. The van der Waals surface area contributed by atoms with Crippen molar-refractivity contribution in [3.05, 3.63) is 29.5 Å². The quantitative estimate of drug-likeness (QED) is 0.724. The van der Waals surface area contributed by atoms with Gasteiger partial charge in [0.15, 0.2) is 11.3 Å². The standard InChI is InChI=1S/C12H14O2/c1-4-10-7-9-5-8(2)6-11(13-3)12(9)14-10/h5-7H,4H2,1-3H3. The number of methoxy groups -OCH3 is 1. The van der Waals surface area contributed by atoms with Gasteiger partial charge in [0, 0.05) is 11.8 Å². The molecule has 0 saturated heterocycles. The monoisotopic (exact) mass is 190 g/mol. The Morgan fingerprint density at radius 3 is 2.71 bits per heavy atom. The zero-order valence-corrected chi connectivity index (χ0v) is 8.76. The first-order valence-corrected chi connectivity index (χ1v) is 4.81. The zero-order chi connectivity index (χ0) is 10.1. The Bertz CT molecular complexity index is 455. The smallest absolute Gasteiger partial charge is 0.176 e. The molecule has 0 bridgehead atoms. The van der Waals surface area contributed by atoms with Gasteiger partial charge in [-0.2, -0.15) is 0 Å². The van der Waals surface area contributed by atoms with Gasteiger partial charge in [-0.25, -0.2) is 0 Å². The van der Waals surface area contributed by atoms with E-state index in [2.05, 4.69) is 26.0 Å². The van der Waals surface area contributed by atoms with Gasteiger partial charge >= 0.3 is 0 Å². The van der Waals surface area contributed by atoms with E-state index in [1.54, 1.807) is 7.11 Å². The second-order valence-electron chi connectivity index (χ2n) is 3.45. The molecule has 74 valence electrons. The van der Waals surface area contributed by atoms with Crippen molar-refractivity contribution in [3.8, 4) is 5.75 Å². The van der Waals surface area contributed by atoms with Crippen LogP contribution in [0.4, 0.5) is 0 Å². The van der Waals surface area contributed by atoms with E-state index in [9.17, 15) is 0 Å². The normalized spacial score (nSPS) is 10.8.